The molecule has 0 unspecified atom stereocenters. The molecular weight excluding hydrogens is 390 g/mol. The molecule has 2 N–H and O–H groups in total. The Morgan fingerprint density at radius 3 is 2.27 bits per heavy atom. The van der Waals surface area contributed by atoms with Crippen LogP contribution in [0.5, 0.6) is 0 Å². The molecule has 0 fully saturated rings. The van der Waals surface area contributed by atoms with E-state index in [9.17, 15) is 8.42 Å². The van der Waals surface area contributed by atoms with Gasteiger partial charge in [-0.15, -0.1) is 0 Å². The summed E-state index contributed by atoms with van der Waals surface area (Å²) in [6.07, 6.45) is 0. The van der Waals surface area contributed by atoms with Gasteiger partial charge in [0.15, 0.2) is 5.11 Å². The van der Waals surface area contributed by atoms with Crippen molar-refractivity contribution in [2.75, 3.05) is 23.7 Å². The quantitative estimate of drug-likeness (QED) is 0.686. The van der Waals surface area contributed by atoms with Gasteiger partial charge in [-0.05, 0) is 55.0 Å². The third kappa shape index (κ3) is 4.94. The van der Waals surface area contributed by atoms with Crippen LogP contribution in [0, 0.1) is 6.92 Å². The Morgan fingerprint density at radius 2 is 1.69 bits per heavy atom. The van der Waals surface area contributed by atoms with Crippen LogP contribution in [-0.4, -0.2) is 30.9 Å². The van der Waals surface area contributed by atoms with E-state index in [0.717, 1.165) is 11.3 Å². The molecule has 0 spiro atoms. The van der Waals surface area contributed by atoms with Crippen LogP contribution < -0.4 is 10.6 Å². The van der Waals surface area contributed by atoms with Crippen LogP contribution in [0.2, 0.25) is 5.02 Å². The zero-order valence-corrected chi connectivity index (χ0v) is 17.3. The van der Waals surface area contributed by atoms with E-state index in [1.54, 1.807) is 30.3 Å². The molecule has 26 heavy (non-hydrogen) atoms. The average molecular weight is 412 g/mol. The van der Waals surface area contributed by atoms with E-state index in [2.05, 4.69) is 10.6 Å². The van der Waals surface area contributed by atoms with Gasteiger partial charge in [-0.3, -0.25) is 0 Å². The van der Waals surface area contributed by atoms with Crippen LogP contribution in [-0.2, 0) is 10.0 Å². The van der Waals surface area contributed by atoms with Crippen LogP contribution in [0.15, 0.2) is 47.4 Å². The van der Waals surface area contributed by atoms with Gasteiger partial charge in [0.2, 0.25) is 10.0 Å². The van der Waals surface area contributed by atoms with Crippen molar-refractivity contribution < 1.29 is 8.42 Å². The first-order valence-corrected chi connectivity index (χ1v) is 10.4. The molecule has 5 nitrogen and oxygen atoms in total. The van der Waals surface area contributed by atoms with Gasteiger partial charge < -0.3 is 10.6 Å². The fourth-order valence-electron chi connectivity index (χ4n) is 2.41. The normalized spacial score (nSPS) is 11.4. The maximum absolute atomic E-state index is 12.6. The van der Waals surface area contributed by atoms with E-state index in [1.807, 2.05) is 32.9 Å². The molecule has 0 heterocycles. The highest BCUT2D eigenvalue weighted by atomic mass is 35.5. The number of hydrogen-bond acceptors (Lipinski definition) is 3. The summed E-state index contributed by atoms with van der Waals surface area (Å²) in [5.74, 6) is 0. The third-order valence-electron chi connectivity index (χ3n) is 3.86. The van der Waals surface area contributed by atoms with Gasteiger partial charge in [0, 0.05) is 29.5 Å². The summed E-state index contributed by atoms with van der Waals surface area (Å²) in [5, 5.41) is 7.04. The molecule has 0 saturated carbocycles. The fraction of sp³-hybridized carbons (Fsp3) is 0.278. The van der Waals surface area contributed by atoms with Crippen molar-refractivity contribution in [1.82, 2.24) is 4.31 Å². The van der Waals surface area contributed by atoms with Crippen LogP contribution >= 0.6 is 23.8 Å². The molecule has 0 bridgehead atoms. The highest BCUT2D eigenvalue weighted by Crippen LogP contribution is 2.22. The van der Waals surface area contributed by atoms with Gasteiger partial charge >= 0.3 is 0 Å². The maximum atomic E-state index is 12.6. The van der Waals surface area contributed by atoms with Gasteiger partial charge in [-0.25, -0.2) is 8.42 Å². The molecule has 0 atom stereocenters. The van der Waals surface area contributed by atoms with E-state index < -0.39 is 10.0 Å². The fourth-order valence-corrected chi connectivity index (χ4v) is 4.33. The van der Waals surface area contributed by atoms with E-state index in [-0.39, 0.29) is 4.90 Å². The summed E-state index contributed by atoms with van der Waals surface area (Å²) in [7, 11) is -3.52. The van der Waals surface area contributed by atoms with Crippen molar-refractivity contribution in [2.24, 2.45) is 0 Å². The Kier molecular flexibility index (Phi) is 7.00. The van der Waals surface area contributed by atoms with Gasteiger partial charge in [0.05, 0.1) is 4.90 Å². The highest BCUT2D eigenvalue weighted by Gasteiger charge is 2.21. The van der Waals surface area contributed by atoms with Crippen LogP contribution in [0.25, 0.3) is 0 Å². The largest absolute Gasteiger partial charge is 0.332 e. The predicted octanol–water partition coefficient (Wildman–Crippen LogP) is 4.49. The first-order valence-electron chi connectivity index (χ1n) is 8.22. The lowest BCUT2D eigenvalue weighted by Gasteiger charge is -2.19. The number of sulfonamides is 1. The summed E-state index contributed by atoms with van der Waals surface area (Å²) in [4.78, 5) is 0.229. The molecule has 0 aliphatic heterocycles. The number of rotatable bonds is 6. The SMILES string of the molecule is CCN(CC)S(=O)(=O)c1cccc(NC(=S)Nc2ccc(C)c(Cl)c2)c1. The van der Waals surface area contributed by atoms with Crippen LogP contribution in [0.1, 0.15) is 19.4 Å². The number of halogens is 1. The number of benzene rings is 2. The highest BCUT2D eigenvalue weighted by molar-refractivity contribution is 7.89. The summed E-state index contributed by atoms with van der Waals surface area (Å²) in [6, 6.07) is 12.1. The minimum atomic E-state index is -3.52. The second-order valence-corrected chi connectivity index (χ2v) is 8.41. The number of aryl methyl sites for hydroxylation is 1. The summed E-state index contributed by atoms with van der Waals surface area (Å²) >= 11 is 11.4. The average Bonchev–Trinajstić information content (AvgIpc) is 2.59. The van der Waals surface area contributed by atoms with Crippen molar-refractivity contribution in [1.29, 1.82) is 0 Å². The minimum Gasteiger partial charge on any atom is -0.332 e. The molecule has 2 rings (SSSR count). The first-order chi connectivity index (χ1) is 12.3. The topological polar surface area (TPSA) is 61.4 Å². The van der Waals surface area contributed by atoms with Crippen molar-refractivity contribution in [2.45, 2.75) is 25.7 Å². The molecule has 140 valence electrons. The smallest absolute Gasteiger partial charge is 0.243 e. The molecule has 2 aromatic carbocycles. The summed E-state index contributed by atoms with van der Waals surface area (Å²) in [5.41, 5.74) is 2.32. The Hall–Kier alpha value is -1.67. The Labute approximate surface area is 165 Å². The molecular formula is C18H22ClN3O2S2. The lowest BCUT2D eigenvalue weighted by molar-refractivity contribution is 0.445. The van der Waals surface area contributed by atoms with Gasteiger partial charge in [-0.1, -0.05) is 37.6 Å². The van der Waals surface area contributed by atoms with E-state index >= 15 is 0 Å². The van der Waals surface area contributed by atoms with Crippen molar-refractivity contribution in [3.8, 4) is 0 Å². The Morgan fingerprint density at radius 1 is 1.08 bits per heavy atom. The number of anilines is 2. The van der Waals surface area contributed by atoms with Gasteiger partial charge in [0.1, 0.15) is 0 Å². The van der Waals surface area contributed by atoms with E-state index in [0.29, 0.717) is 28.9 Å². The molecule has 0 amide bonds. The predicted molar refractivity (Wildman–Crippen MR) is 113 cm³/mol. The third-order valence-corrected chi connectivity index (χ3v) is 6.52. The molecule has 0 aliphatic rings. The van der Waals surface area contributed by atoms with Gasteiger partial charge in [0.25, 0.3) is 0 Å². The molecule has 0 saturated heterocycles. The molecule has 0 radical (unpaired) electrons. The zero-order valence-electron chi connectivity index (χ0n) is 14.9. The first kappa shape index (κ1) is 20.6. The Balaban J connectivity index is 2.15. The van der Waals surface area contributed by atoms with Crippen molar-refractivity contribution in [3.63, 3.8) is 0 Å². The Bertz CT molecular complexity index is 897. The number of thiocarbonyl (C=S) groups is 1. The van der Waals surface area contributed by atoms with Crippen LogP contribution in [0.3, 0.4) is 0 Å². The van der Waals surface area contributed by atoms with Crippen LogP contribution in [0.4, 0.5) is 11.4 Å². The molecule has 2 aromatic rings. The molecule has 0 aromatic heterocycles. The minimum absolute atomic E-state index is 0.229. The molecule has 8 heteroatoms. The number of nitrogens with one attached hydrogen (secondary N) is 2. The lowest BCUT2D eigenvalue weighted by Crippen LogP contribution is -2.30. The second-order valence-electron chi connectivity index (χ2n) is 5.66. The molecule has 0 aliphatic carbocycles. The summed E-state index contributed by atoms with van der Waals surface area (Å²) in [6.45, 7) is 6.39. The maximum Gasteiger partial charge on any atom is 0.243 e. The number of nitrogens with zero attached hydrogens (tertiary/aromatic N) is 1. The zero-order chi connectivity index (χ0) is 19.3. The van der Waals surface area contributed by atoms with E-state index in [4.69, 9.17) is 23.8 Å². The standard InChI is InChI=1S/C18H22ClN3O2S2/c1-4-22(5-2)26(23,24)16-8-6-7-14(11-16)20-18(25)21-15-10-9-13(3)17(19)12-15/h6-12H,4-5H2,1-3H3,(H2,20,21,25). The van der Waals surface area contributed by atoms with Crippen molar-refractivity contribution in [3.05, 3.63) is 53.1 Å². The second kappa shape index (κ2) is 8.81. The monoisotopic (exact) mass is 411 g/mol. The van der Waals surface area contributed by atoms with E-state index in [1.165, 1.54) is 4.31 Å². The number of hydrogen-bond donors (Lipinski definition) is 2. The summed E-state index contributed by atoms with van der Waals surface area (Å²) < 4.78 is 26.7. The van der Waals surface area contributed by atoms with Crippen molar-refractivity contribution >= 4 is 50.3 Å². The lowest BCUT2D eigenvalue weighted by atomic mass is 10.2. The van der Waals surface area contributed by atoms with Gasteiger partial charge in [-0.2, -0.15) is 4.31 Å².